The smallest absolute Gasteiger partial charge is 0.208 e. The molecule has 0 bridgehead atoms. The average molecular weight is 352 g/mol. The van der Waals surface area contributed by atoms with Crippen molar-refractivity contribution in [2.75, 3.05) is 0 Å². The van der Waals surface area contributed by atoms with Crippen LogP contribution in [0.1, 0.15) is 33.6 Å². The van der Waals surface area contributed by atoms with Crippen molar-refractivity contribution < 1.29 is 12.8 Å². The van der Waals surface area contributed by atoms with Crippen molar-refractivity contribution >= 4 is 26.0 Å². The van der Waals surface area contributed by atoms with E-state index >= 15 is 0 Å². The summed E-state index contributed by atoms with van der Waals surface area (Å²) in [5.41, 5.74) is 0. The molecule has 0 radical (unpaired) electrons. The minimum Gasteiger partial charge on any atom is -0.208 e. The number of halogens is 2. The maximum absolute atomic E-state index is 13.7. The zero-order valence-electron chi connectivity index (χ0n) is 11.3. The summed E-state index contributed by atoms with van der Waals surface area (Å²) in [6, 6.07) is 3.70. The van der Waals surface area contributed by atoms with Gasteiger partial charge in [0.2, 0.25) is 10.0 Å². The van der Waals surface area contributed by atoms with Crippen molar-refractivity contribution in [1.29, 1.82) is 0 Å². The fraction of sp³-hybridized carbons (Fsp3) is 0.538. The van der Waals surface area contributed by atoms with E-state index < -0.39 is 15.8 Å². The molecule has 0 saturated carbocycles. The topological polar surface area (TPSA) is 46.2 Å². The first-order valence-corrected chi connectivity index (χ1v) is 8.47. The lowest BCUT2D eigenvalue weighted by atomic mass is 10.1. The molecule has 1 atom stereocenters. The van der Waals surface area contributed by atoms with Gasteiger partial charge in [-0.05, 0) is 43.9 Å². The third kappa shape index (κ3) is 5.20. The highest BCUT2D eigenvalue weighted by molar-refractivity contribution is 9.10. The summed E-state index contributed by atoms with van der Waals surface area (Å²) in [5, 5.41) is 0. The first kappa shape index (κ1) is 16.6. The van der Waals surface area contributed by atoms with Gasteiger partial charge >= 0.3 is 0 Å². The Morgan fingerprint density at radius 3 is 2.42 bits per heavy atom. The van der Waals surface area contributed by atoms with Crippen molar-refractivity contribution in [3.63, 3.8) is 0 Å². The summed E-state index contributed by atoms with van der Waals surface area (Å²) in [7, 11) is -3.80. The van der Waals surface area contributed by atoms with Crippen LogP contribution in [0.25, 0.3) is 0 Å². The van der Waals surface area contributed by atoms with E-state index in [2.05, 4.69) is 34.5 Å². The van der Waals surface area contributed by atoms with Crippen LogP contribution in [0.15, 0.2) is 27.6 Å². The fourth-order valence-corrected chi connectivity index (χ4v) is 3.33. The van der Waals surface area contributed by atoms with Gasteiger partial charge in [-0.15, -0.1) is 0 Å². The van der Waals surface area contributed by atoms with E-state index in [1.165, 1.54) is 12.1 Å². The maximum atomic E-state index is 13.7. The molecule has 6 heteroatoms. The Balaban J connectivity index is 2.81. The van der Waals surface area contributed by atoms with Crippen molar-refractivity contribution in [2.45, 2.75) is 44.6 Å². The number of nitrogens with one attached hydrogen (secondary N) is 1. The first-order valence-electron chi connectivity index (χ1n) is 6.19. The molecule has 108 valence electrons. The summed E-state index contributed by atoms with van der Waals surface area (Å²) in [6.07, 6.45) is 1.65. The largest absolute Gasteiger partial charge is 0.243 e. The highest BCUT2D eigenvalue weighted by Gasteiger charge is 2.21. The highest BCUT2D eigenvalue weighted by atomic mass is 79.9. The molecule has 1 rings (SSSR count). The predicted octanol–water partition coefficient (Wildman–Crippen LogP) is 3.69. The van der Waals surface area contributed by atoms with Gasteiger partial charge in [-0.2, -0.15) is 0 Å². The Bertz CT molecular complexity index is 531. The van der Waals surface area contributed by atoms with Crippen LogP contribution in [0.5, 0.6) is 0 Å². The van der Waals surface area contributed by atoms with E-state index in [4.69, 9.17) is 0 Å². The normalized spacial score (nSPS) is 13.8. The second-order valence-electron chi connectivity index (χ2n) is 5.07. The molecular formula is C13H19BrFNO2S. The van der Waals surface area contributed by atoms with Crippen molar-refractivity contribution in [3.8, 4) is 0 Å². The average Bonchev–Trinajstić information content (AvgIpc) is 2.25. The Morgan fingerprint density at radius 1 is 1.26 bits per heavy atom. The number of rotatable bonds is 6. The number of hydrogen-bond acceptors (Lipinski definition) is 2. The van der Waals surface area contributed by atoms with Crippen molar-refractivity contribution in [1.82, 2.24) is 4.72 Å². The van der Waals surface area contributed by atoms with Gasteiger partial charge in [-0.3, -0.25) is 0 Å². The van der Waals surface area contributed by atoms with Crippen LogP contribution in [-0.2, 0) is 10.0 Å². The molecule has 0 heterocycles. The van der Waals surface area contributed by atoms with E-state index in [0.29, 0.717) is 10.4 Å². The third-order valence-corrected chi connectivity index (χ3v) is 4.83. The zero-order chi connectivity index (χ0) is 14.6. The second-order valence-corrected chi connectivity index (χ2v) is 7.67. The minimum absolute atomic E-state index is 0.213. The van der Waals surface area contributed by atoms with E-state index in [9.17, 15) is 12.8 Å². The van der Waals surface area contributed by atoms with Crippen LogP contribution in [-0.4, -0.2) is 14.5 Å². The third-order valence-electron chi connectivity index (χ3n) is 2.72. The Labute approximate surface area is 122 Å². The SMILES string of the molecule is CC(C)CCC(C)NS(=O)(=O)c1ccc(Br)cc1F. The molecule has 1 aromatic rings. The Kier molecular flexibility index (Phi) is 5.95. The minimum atomic E-state index is -3.80. The standard InChI is InChI=1S/C13H19BrFNO2S/c1-9(2)4-5-10(3)16-19(17,18)13-7-6-11(14)8-12(13)15/h6-10,16H,4-5H2,1-3H3. The van der Waals surface area contributed by atoms with Crippen LogP contribution in [0, 0.1) is 11.7 Å². The van der Waals surface area contributed by atoms with Gasteiger partial charge < -0.3 is 0 Å². The van der Waals surface area contributed by atoms with Crippen LogP contribution in [0.2, 0.25) is 0 Å². The van der Waals surface area contributed by atoms with Gasteiger partial charge in [0.25, 0.3) is 0 Å². The molecule has 0 fully saturated rings. The molecule has 1 N–H and O–H groups in total. The molecule has 19 heavy (non-hydrogen) atoms. The highest BCUT2D eigenvalue weighted by Crippen LogP contribution is 2.20. The van der Waals surface area contributed by atoms with Gasteiger partial charge in [-0.1, -0.05) is 29.8 Å². The van der Waals surface area contributed by atoms with Gasteiger partial charge in [0.15, 0.2) is 0 Å². The zero-order valence-corrected chi connectivity index (χ0v) is 13.7. The van der Waals surface area contributed by atoms with Gasteiger partial charge in [0, 0.05) is 10.5 Å². The molecule has 0 saturated heterocycles. The van der Waals surface area contributed by atoms with Gasteiger partial charge in [-0.25, -0.2) is 17.5 Å². The second kappa shape index (κ2) is 6.81. The lowest BCUT2D eigenvalue weighted by molar-refractivity contribution is 0.483. The van der Waals surface area contributed by atoms with E-state index in [1.54, 1.807) is 6.92 Å². The number of hydrogen-bond donors (Lipinski definition) is 1. The lowest BCUT2D eigenvalue weighted by Crippen LogP contribution is -2.33. The quantitative estimate of drug-likeness (QED) is 0.849. The van der Waals surface area contributed by atoms with E-state index in [0.717, 1.165) is 18.9 Å². The monoisotopic (exact) mass is 351 g/mol. The van der Waals surface area contributed by atoms with Crippen LogP contribution >= 0.6 is 15.9 Å². The van der Waals surface area contributed by atoms with Crippen LogP contribution in [0.3, 0.4) is 0 Å². The Hall–Kier alpha value is -0.460. The first-order chi connectivity index (χ1) is 8.72. The fourth-order valence-electron chi connectivity index (χ4n) is 1.66. The van der Waals surface area contributed by atoms with Gasteiger partial charge in [0.1, 0.15) is 10.7 Å². The molecular weight excluding hydrogens is 333 g/mol. The molecule has 1 unspecified atom stereocenters. The molecule has 0 aliphatic heterocycles. The van der Waals surface area contributed by atoms with E-state index in [1.807, 2.05) is 0 Å². The molecule has 0 aromatic heterocycles. The van der Waals surface area contributed by atoms with Crippen LogP contribution < -0.4 is 4.72 Å². The predicted molar refractivity (Wildman–Crippen MR) is 78.0 cm³/mol. The van der Waals surface area contributed by atoms with Crippen molar-refractivity contribution in [3.05, 3.63) is 28.5 Å². The summed E-state index contributed by atoms with van der Waals surface area (Å²) in [4.78, 5) is -0.313. The molecule has 0 amide bonds. The summed E-state index contributed by atoms with van der Waals surface area (Å²) >= 11 is 3.10. The van der Waals surface area contributed by atoms with Crippen molar-refractivity contribution in [2.24, 2.45) is 5.92 Å². The molecule has 0 spiro atoms. The molecule has 3 nitrogen and oxygen atoms in total. The maximum Gasteiger partial charge on any atom is 0.243 e. The summed E-state index contributed by atoms with van der Waals surface area (Å²) in [6.45, 7) is 5.95. The Morgan fingerprint density at radius 2 is 1.89 bits per heavy atom. The molecule has 0 aliphatic rings. The number of benzene rings is 1. The van der Waals surface area contributed by atoms with E-state index in [-0.39, 0.29) is 10.9 Å². The number of sulfonamides is 1. The molecule has 0 aliphatic carbocycles. The van der Waals surface area contributed by atoms with Gasteiger partial charge in [0.05, 0.1) is 0 Å². The van der Waals surface area contributed by atoms with Crippen LogP contribution in [0.4, 0.5) is 4.39 Å². The lowest BCUT2D eigenvalue weighted by Gasteiger charge is -2.15. The molecule has 1 aromatic carbocycles. The summed E-state index contributed by atoms with van der Waals surface area (Å²) < 4.78 is 40.8. The summed E-state index contributed by atoms with van der Waals surface area (Å²) in [5.74, 6) is -0.241.